The zero-order valence-electron chi connectivity index (χ0n) is 62.5. The number of ether oxygens (including phenoxy) is 1. The van der Waals surface area contributed by atoms with Crippen LogP contribution in [-0.4, -0.2) is 197 Å². The largest absolute Gasteiger partial charge is 0.501 e. The number of alkyl halides is 3. The SMILES string of the molecule is Cc1ncsc1-c1ccc([C@H](C)NC(=O)[C@@H]2C[C@@H](O)CN2C(=O)[C@@H](NC(=O)CCCCCCCCC(=O)N2CC3(CCC(c4ccc(Cl)cc4)=C(CN4CCN(c5ccc(C(=O)NS(=O)(=O)c6ccc(N[C@H](CCN7CCOCC7)CSc7ccccc7)c(S(=O)(=O)C(F)(F)F)c6)cc5)CC4)C3)C2)C(C)(C)C)cc1. The number of hydrogen-bond donors (Lipinski definition) is 5. The lowest BCUT2D eigenvalue weighted by Gasteiger charge is -2.53. The number of carbonyl (C=O) groups excluding carboxylic acids is 5. The lowest BCUT2D eigenvalue weighted by molar-refractivity contribution is -0.144. The van der Waals surface area contributed by atoms with E-state index in [1.54, 1.807) is 23.5 Å². The van der Waals surface area contributed by atoms with E-state index in [9.17, 15) is 59.1 Å². The molecule has 588 valence electrons. The van der Waals surface area contributed by atoms with E-state index in [2.05, 4.69) is 47.8 Å². The molecule has 4 saturated heterocycles. The number of anilines is 2. The molecule has 29 heteroatoms. The van der Waals surface area contributed by atoms with Gasteiger partial charge in [0, 0.05) is 130 Å². The monoisotopic (exact) mass is 1600 g/mol. The Bertz CT molecular complexity index is 4420. The number of morpholine rings is 1. The minimum absolute atomic E-state index is 0.0138. The standard InChI is InChI=1S/C80H100ClF3N10O11S4/c1-54(56-19-21-58(22-20-56)73-55(2)85-53-107-73)86-76(99)69-45-64(95)49-94(69)77(100)74(78(3,4)5)88-71(96)17-13-8-6-7-9-14-18-72(97)93-51-79(52-93)35-33-67(57-23-27-61(81)28-24-57)60(47-79)48-91-37-39-92(40-38-91)63-29-25-59(26-30-63)75(98)89-109(103,104)66-31-32-68(70(46-66)108(101,102)80(82,83)84)87-62(34-36-90-41-43-105-44-42-90)50-106-65-15-11-10-12-16-65/h10-12,15-16,19-32,46,53-54,62,64,69,74,87,95H,6-9,13-14,17-18,33-45,47-52H2,1-5H3,(H,86,99)(H,88,96)(H,89,98)/t54-,62+,64+,69-,74+/m0/s1. The van der Waals surface area contributed by atoms with E-state index in [1.807, 2.05) is 116 Å². The van der Waals surface area contributed by atoms with Crippen molar-refractivity contribution in [2.45, 2.75) is 169 Å². The molecule has 4 aliphatic heterocycles. The molecule has 5 aromatic carbocycles. The Hall–Kier alpha value is -7.41. The number of piperazine rings is 1. The third-order valence-corrected chi connectivity index (χ3v) is 26.7. The van der Waals surface area contributed by atoms with Gasteiger partial charge in [-0.25, -0.2) is 26.5 Å². The molecule has 5 atom stereocenters. The van der Waals surface area contributed by atoms with Crippen LogP contribution in [0.25, 0.3) is 16.0 Å². The highest BCUT2D eigenvalue weighted by Crippen LogP contribution is 2.49. The van der Waals surface area contributed by atoms with Crippen LogP contribution in [0.5, 0.6) is 0 Å². The number of aliphatic hydroxyl groups is 1. The summed E-state index contributed by atoms with van der Waals surface area (Å²) in [6.45, 7) is 17.2. The summed E-state index contributed by atoms with van der Waals surface area (Å²) in [5.74, 6) is -1.58. The Morgan fingerprint density at radius 2 is 1.45 bits per heavy atom. The smallest absolute Gasteiger partial charge is 0.391 e. The number of thiazole rings is 1. The molecular weight excluding hydrogens is 1500 g/mol. The third kappa shape index (κ3) is 21.4. The van der Waals surface area contributed by atoms with Crippen LogP contribution < -0.4 is 25.6 Å². The van der Waals surface area contributed by atoms with E-state index in [4.69, 9.17) is 16.3 Å². The average molecular weight is 1600 g/mol. The summed E-state index contributed by atoms with van der Waals surface area (Å²) in [6, 6.07) is 31.2. The minimum Gasteiger partial charge on any atom is -0.391 e. The van der Waals surface area contributed by atoms with Gasteiger partial charge < -0.3 is 40.5 Å². The van der Waals surface area contributed by atoms with Crippen molar-refractivity contribution in [3.8, 4) is 10.4 Å². The predicted octanol–water partition coefficient (Wildman–Crippen LogP) is 12.6. The number of aromatic nitrogens is 1. The normalized spacial score (nSPS) is 18.9. The highest BCUT2D eigenvalue weighted by Gasteiger charge is 2.50. The number of sulfonamides is 1. The molecule has 11 rings (SSSR count). The number of carbonyl (C=O) groups is 5. The number of aryl methyl sites for hydroxylation is 1. The molecule has 0 radical (unpaired) electrons. The zero-order valence-corrected chi connectivity index (χ0v) is 66.5. The number of halogens is 4. The lowest BCUT2D eigenvalue weighted by atomic mass is 9.65. The first-order valence-corrected chi connectivity index (χ1v) is 42.8. The molecule has 0 unspecified atom stereocenters. The zero-order chi connectivity index (χ0) is 77.8. The molecular formula is C80H100ClF3N10O11S4. The van der Waals surface area contributed by atoms with E-state index in [0.29, 0.717) is 95.1 Å². The van der Waals surface area contributed by atoms with Gasteiger partial charge in [0.25, 0.3) is 25.8 Å². The van der Waals surface area contributed by atoms with Gasteiger partial charge in [0.2, 0.25) is 23.6 Å². The van der Waals surface area contributed by atoms with Crippen LogP contribution in [0.15, 0.2) is 147 Å². The number of aliphatic hydroxyl groups excluding tert-OH is 1. The second-order valence-corrected chi connectivity index (χ2v) is 36.6. The number of nitrogens with one attached hydrogen (secondary N) is 4. The molecule has 5 aliphatic rings. The van der Waals surface area contributed by atoms with Crippen molar-refractivity contribution >= 4 is 101 Å². The summed E-state index contributed by atoms with van der Waals surface area (Å²) in [7, 11) is -11.0. The first kappa shape index (κ1) is 82.5. The van der Waals surface area contributed by atoms with Gasteiger partial charge in [-0.3, -0.25) is 33.8 Å². The third-order valence-electron chi connectivity index (χ3n) is 21.4. The van der Waals surface area contributed by atoms with E-state index in [1.165, 1.54) is 39.9 Å². The van der Waals surface area contributed by atoms with Gasteiger partial charge in [-0.1, -0.05) is 118 Å². The molecule has 1 spiro atoms. The predicted molar refractivity (Wildman–Crippen MR) is 420 cm³/mol. The topological polar surface area (TPSA) is 260 Å². The highest BCUT2D eigenvalue weighted by atomic mass is 35.5. The molecule has 6 aromatic rings. The number of β-amino-alcohol motifs (C(OH)–C–C–N with tert-alkyl or cyclic N) is 1. The first-order valence-electron chi connectivity index (χ1n) is 37.6. The number of hydrogen-bond acceptors (Lipinski definition) is 18. The molecule has 5 heterocycles. The molecule has 5 amide bonds. The second-order valence-electron chi connectivity index (χ2n) is 30.6. The Morgan fingerprint density at radius 1 is 0.789 bits per heavy atom. The number of allylic oxidation sites excluding steroid dienone is 1. The molecule has 21 nitrogen and oxygen atoms in total. The number of nitrogens with zero attached hydrogens (tertiary/aromatic N) is 6. The highest BCUT2D eigenvalue weighted by molar-refractivity contribution is 7.99. The first-order chi connectivity index (χ1) is 51.9. The summed E-state index contributed by atoms with van der Waals surface area (Å²) in [5, 5.41) is 20.4. The van der Waals surface area contributed by atoms with E-state index in [0.717, 1.165) is 121 Å². The maximum absolute atomic E-state index is 14.4. The van der Waals surface area contributed by atoms with E-state index < -0.39 is 82.3 Å². The van der Waals surface area contributed by atoms with Gasteiger partial charge in [0.1, 0.15) is 17.0 Å². The molecule has 1 aromatic heterocycles. The lowest BCUT2D eigenvalue weighted by Crippen LogP contribution is -2.59. The van der Waals surface area contributed by atoms with Crippen molar-refractivity contribution < 1.29 is 63.8 Å². The van der Waals surface area contributed by atoms with Crippen molar-refractivity contribution in [2.75, 3.05) is 101 Å². The van der Waals surface area contributed by atoms with Gasteiger partial charge in [-0.05, 0) is 147 Å². The number of sulfone groups is 1. The Morgan fingerprint density at radius 3 is 2.10 bits per heavy atom. The van der Waals surface area contributed by atoms with Crippen LogP contribution in [0.3, 0.4) is 0 Å². The second kappa shape index (κ2) is 36.4. The van der Waals surface area contributed by atoms with Crippen LogP contribution in [0.2, 0.25) is 5.02 Å². The van der Waals surface area contributed by atoms with Crippen molar-refractivity contribution in [1.82, 2.24) is 39.9 Å². The number of likely N-dealkylation sites (tertiary alicyclic amines) is 2. The maximum Gasteiger partial charge on any atom is 0.501 e. The average Bonchev–Trinajstić information content (AvgIpc) is 1.45. The minimum atomic E-state index is -6.11. The summed E-state index contributed by atoms with van der Waals surface area (Å²) < 4.78 is 105. The molecule has 0 saturated carbocycles. The number of thioether (sulfide) groups is 1. The summed E-state index contributed by atoms with van der Waals surface area (Å²) in [5.41, 5.74) is 2.30. The number of benzene rings is 5. The number of amides is 5. The van der Waals surface area contributed by atoms with Crippen LogP contribution >= 0.6 is 34.7 Å². The quantitative estimate of drug-likeness (QED) is 0.0200. The van der Waals surface area contributed by atoms with E-state index >= 15 is 0 Å². The molecule has 1 aliphatic carbocycles. The van der Waals surface area contributed by atoms with Crippen LogP contribution in [-0.2, 0) is 43.8 Å². The molecule has 0 bridgehead atoms. The van der Waals surface area contributed by atoms with Crippen molar-refractivity contribution in [1.29, 1.82) is 0 Å². The van der Waals surface area contributed by atoms with Gasteiger partial charge in [-0.2, -0.15) is 13.2 Å². The van der Waals surface area contributed by atoms with Crippen LogP contribution in [0.4, 0.5) is 24.5 Å². The van der Waals surface area contributed by atoms with E-state index in [-0.39, 0.29) is 54.1 Å². The summed E-state index contributed by atoms with van der Waals surface area (Å²) in [4.78, 5) is 83.2. The van der Waals surface area contributed by atoms with Crippen molar-refractivity contribution in [2.24, 2.45) is 10.8 Å². The fraction of sp³-hybridized carbons (Fsp3) is 0.500. The van der Waals surface area contributed by atoms with Crippen molar-refractivity contribution in [3.05, 3.63) is 160 Å². The maximum atomic E-state index is 14.4. The van der Waals surface area contributed by atoms with Gasteiger partial charge in [-0.15, -0.1) is 23.1 Å². The van der Waals surface area contributed by atoms with Gasteiger partial charge in [0.15, 0.2) is 0 Å². The Kier molecular flexibility index (Phi) is 27.6. The molecule has 109 heavy (non-hydrogen) atoms. The Labute approximate surface area is 651 Å². The molecule has 5 N–H and O–H groups in total. The molecule has 4 fully saturated rings. The van der Waals surface area contributed by atoms with Gasteiger partial charge >= 0.3 is 5.51 Å². The fourth-order valence-corrected chi connectivity index (χ4v) is 19.1. The number of rotatable bonds is 31. The summed E-state index contributed by atoms with van der Waals surface area (Å²) >= 11 is 9.37. The van der Waals surface area contributed by atoms with Crippen LogP contribution in [0.1, 0.15) is 144 Å². The van der Waals surface area contributed by atoms with Gasteiger partial charge in [0.05, 0.1) is 52.0 Å². The Balaban J connectivity index is 0.615. The number of unbranched alkanes of at least 4 members (excludes halogenated alkanes) is 5. The summed E-state index contributed by atoms with van der Waals surface area (Å²) in [6.07, 6.45) is 7.90. The van der Waals surface area contributed by atoms with Crippen LogP contribution in [0, 0.1) is 17.8 Å². The fourth-order valence-electron chi connectivity index (χ4n) is 15.2. The van der Waals surface area contributed by atoms with Crippen molar-refractivity contribution in [3.63, 3.8) is 0 Å².